The molecule has 47 valence electrons. The lowest BCUT2D eigenvalue weighted by Gasteiger charge is -1.74. The van der Waals surface area contributed by atoms with Crippen LogP contribution < -0.4 is 0 Å². The zero-order valence-corrected chi connectivity index (χ0v) is 5.83. The second-order valence-corrected chi connectivity index (χ2v) is 1.56. The Hall–Kier alpha value is -0.880. The lowest BCUT2D eigenvalue weighted by Crippen LogP contribution is -1.62. The van der Waals surface area contributed by atoms with Crippen molar-refractivity contribution in [3.63, 3.8) is 0 Å². The fourth-order valence-corrected chi connectivity index (χ4v) is 0.372. The Balaban J connectivity index is 3.23. The van der Waals surface area contributed by atoms with Crippen molar-refractivity contribution in [3.05, 3.63) is 6.92 Å². The first-order valence-electron chi connectivity index (χ1n) is 3.06. The summed E-state index contributed by atoms with van der Waals surface area (Å²) in [6.07, 6.45) is 2.49. The quantitative estimate of drug-likeness (QED) is 0.463. The van der Waals surface area contributed by atoms with Crippen LogP contribution in [0.25, 0.3) is 0 Å². The van der Waals surface area contributed by atoms with Gasteiger partial charge in [0.1, 0.15) is 0 Å². The molecule has 0 aliphatic heterocycles. The fourth-order valence-electron chi connectivity index (χ4n) is 0.372. The van der Waals surface area contributed by atoms with Crippen LogP contribution in [0.1, 0.15) is 26.2 Å². The van der Waals surface area contributed by atoms with Crippen LogP contribution in [-0.4, -0.2) is 0 Å². The number of unbranched alkanes of at least 4 members (excludes halogenated alkanes) is 1. The molecule has 0 spiro atoms. The Labute approximate surface area is 57.7 Å². The molecule has 0 atom stereocenters. The molecule has 0 aliphatic rings. The van der Waals surface area contributed by atoms with Gasteiger partial charge in [-0.15, -0.1) is 11.8 Å². The third kappa shape index (κ3) is 7.12. The van der Waals surface area contributed by atoms with E-state index in [2.05, 4.69) is 30.6 Å². The van der Waals surface area contributed by atoms with Crippen LogP contribution in [0.15, 0.2) is 0 Å². The monoisotopic (exact) mass is 119 g/mol. The SMILES string of the molecule is [CH2]CCC#CCC#CC. The fraction of sp³-hybridized carbons (Fsp3) is 0.444. The molecule has 0 heteroatoms. The van der Waals surface area contributed by atoms with Gasteiger partial charge in [-0.05, 0) is 13.3 Å². The second kappa shape index (κ2) is 7.12. The zero-order chi connectivity index (χ0) is 6.95. The molecule has 0 aromatic carbocycles. The number of hydrogen-bond donors (Lipinski definition) is 0. The van der Waals surface area contributed by atoms with Crippen molar-refractivity contribution in [2.24, 2.45) is 0 Å². The van der Waals surface area contributed by atoms with Crippen LogP contribution in [0.4, 0.5) is 0 Å². The summed E-state index contributed by atoms with van der Waals surface area (Å²) in [5.41, 5.74) is 0. The van der Waals surface area contributed by atoms with Gasteiger partial charge in [-0.1, -0.05) is 18.8 Å². The van der Waals surface area contributed by atoms with Crippen LogP contribution in [-0.2, 0) is 0 Å². The highest BCUT2D eigenvalue weighted by atomic mass is 13.7. The van der Waals surface area contributed by atoms with E-state index in [1.54, 1.807) is 0 Å². The van der Waals surface area contributed by atoms with Crippen molar-refractivity contribution >= 4 is 0 Å². The van der Waals surface area contributed by atoms with Crippen molar-refractivity contribution in [2.45, 2.75) is 26.2 Å². The maximum atomic E-state index is 3.66. The molecule has 1 radical (unpaired) electrons. The first kappa shape index (κ1) is 8.12. The topological polar surface area (TPSA) is 0 Å². The summed E-state index contributed by atoms with van der Waals surface area (Å²) in [4.78, 5) is 0. The molecule has 0 fully saturated rings. The van der Waals surface area contributed by atoms with Crippen molar-refractivity contribution in [3.8, 4) is 23.7 Å². The predicted octanol–water partition coefficient (Wildman–Crippen LogP) is 2.02. The summed E-state index contributed by atoms with van der Waals surface area (Å²) in [5, 5.41) is 0. The Bertz CT molecular complexity index is 156. The van der Waals surface area contributed by atoms with E-state index >= 15 is 0 Å². The van der Waals surface area contributed by atoms with Crippen molar-refractivity contribution in [2.75, 3.05) is 0 Å². The summed E-state index contributed by atoms with van der Waals surface area (Å²) in [5.74, 6) is 11.5. The molecule has 0 bridgehead atoms. The van der Waals surface area contributed by atoms with Gasteiger partial charge in [0.2, 0.25) is 0 Å². The van der Waals surface area contributed by atoms with Gasteiger partial charge in [-0.2, -0.15) is 0 Å². The van der Waals surface area contributed by atoms with Gasteiger partial charge in [0.15, 0.2) is 0 Å². The maximum Gasteiger partial charge on any atom is 0.0702 e. The van der Waals surface area contributed by atoms with Gasteiger partial charge in [-0.3, -0.25) is 0 Å². The average molecular weight is 119 g/mol. The van der Waals surface area contributed by atoms with Crippen molar-refractivity contribution in [1.29, 1.82) is 0 Å². The van der Waals surface area contributed by atoms with Gasteiger partial charge in [0.25, 0.3) is 0 Å². The molecule has 0 heterocycles. The Morgan fingerprint density at radius 2 is 2.00 bits per heavy atom. The molecule has 0 amide bonds. The van der Waals surface area contributed by atoms with E-state index < -0.39 is 0 Å². The second-order valence-electron chi connectivity index (χ2n) is 1.56. The van der Waals surface area contributed by atoms with Gasteiger partial charge in [0, 0.05) is 6.42 Å². The predicted molar refractivity (Wildman–Crippen MR) is 40.4 cm³/mol. The molecule has 9 heavy (non-hydrogen) atoms. The van der Waals surface area contributed by atoms with Crippen LogP contribution >= 0.6 is 0 Å². The maximum absolute atomic E-state index is 3.66. The molecule has 0 unspecified atom stereocenters. The van der Waals surface area contributed by atoms with Gasteiger partial charge >= 0.3 is 0 Å². The highest BCUT2D eigenvalue weighted by molar-refractivity contribution is 5.10. The molecule has 0 N–H and O–H groups in total. The minimum Gasteiger partial charge on any atom is -0.106 e. The highest BCUT2D eigenvalue weighted by Gasteiger charge is 1.68. The normalized spacial score (nSPS) is 6.44. The molecule has 0 nitrogen and oxygen atoms in total. The van der Waals surface area contributed by atoms with E-state index in [0.29, 0.717) is 6.42 Å². The first-order valence-corrected chi connectivity index (χ1v) is 3.06. The molecular weight excluding hydrogens is 108 g/mol. The largest absolute Gasteiger partial charge is 0.106 e. The smallest absolute Gasteiger partial charge is 0.0702 e. The molecule has 0 rings (SSSR count). The summed E-state index contributed by atoms with van der Waals surface area (Å²) < 4.78 is 0. The van der Waals surface area contributed by atoms with Crippen LogP contribution in [0.3, 0.4) is 0 Å². The van der Waals surface area contributed by atoms with E-state index in [0.717, 1.165) is 12.8 Å². The first-order chi connectivity index (χ1) is 4.41. The summed E-state index contributed by atoms with van der Waals surface area (Å²) in [6.45, 7) is 5.49. The number of rotatable bonds is 1. The molecule has 0 aromatic heterocycles. The summed E-state index contributed by atoms with van der Waals surface area (Å²) in [6, 6.07) is 0. The van der Waals surface area contributed by atoms with Crippen molar-refractivity contribution in [1.82, 2.24) is 0 Å². The molecular formula is C9H11. The van der Waals surface area contributed by atoms with E-state index in [9.17, 15) is 0 Å². The van der Waals surface area contributed by atoms with Gasteiger partial charge in [0.05, 0.1) is 6.42 Å². The molecule has 0 aliphatic carbocycles. The summed E-state index contributed by atoms with van der Waals surface area (Å²) in [7, 11) is 0. The Kier molecular flexibility index (Phi) is 6.42. The third-order valence-corrected chi connectivity index (χ3v) is 0.780. The number of hydrogen-bond acceptors (Lipinski definition) is 0. The minimum atomic E-state index is 0.705. The molecule has 0 aromatic rings. The van der Waals surface area contributed by atoms with Gasteiger partial charge in [-0.25, -0.2) is 0 Å². The van der Waals surface area contributed by atoms with Crippen LogP contribution in [0.2, 0.25) is 0 Å². The third-order valence-electron chi connectivity index (χ3n) is 0.780. The van der Waals surface area contributed by atoms with Crippen LogP contribution in [0, 0.1) is 30.6 Å². The highest BCUT2D eigenvalue weighted by Crippen LogP contribution is 1.80. The summed E-state index contributed by atoms with van der Waals surface area (Å²) >= 11 is 0. The zero-order valence-electron chi connectivity index (χ0n) is 5.83. The lowest BCUT2D eigenvalue weighted by atomic mass is 10.3. The average Bonchev–Trinajstić information content (AvgIpc) is 1.89. The van der Waals surface area contributed by atoms with E-state index in [-0.39, 0.29) is 0 Å². The lowest BCUT2D eigenvalue weighted by molar-refractivity contribution is 1.08. The van der Waals surface area contributed by atoms with E-state index in [4.69, 9.17) is 0 Å². The standard InChI is InChI=1S/C9H11/c1-3-5-7-9-8-6-4-2/h1,3,5,8H2,2H3. The van der Waals surface area contributed by atoms with E-state index in [1.807, 2.05) is 6.92 Å². The Morgan fingerprint density at radius 3 is 2.56 bits per heavy atom. The van der Waals surface area contributed by atoms with Crippen molar-refractivity contribution < 1.29 is 0 Å². The molecule has 0 saturated heterocycles. The molecule has 0 saturated carbocycles. The Morgan fingerprint density at radius 1 is 1.22 bits per heavy atom. The van der Waals surface area contributed by atoms with Gasteiger partial charge < -0.3 is 0 Å². The van der Waals surface area contributed by atoms with Crippen LogP contribution in [0.5, 0.6) is 0 Å². The minimum absolute atomic E-state index is 0.705. The van der Waals surface area contributed by atoms with E-state index in [1.165, 1.54) is 0 Å².